The van der Waals surface area contributed by atoms with Crippen LogP contribution in [0, 0.1) is 17.6 Å². The molecule has 2 aliphatic heterocycles. The van der Waals surface area contributed by atoms with Gasteiger partial charge in [0.2, 0.25) is 5.43 Å². The molecule has 11 heteroatoms. The van der Waals surface area contributed by atoms with Crippen molar-refractivity contribution in [2.75, 3.05) is 31.1 Å². The monoisotopic (exact) mass is 457 g/mol. The molecule has 1 aromatic heterocycles. The molecule has 8 nitrogen and oxygen atoms in total. The van der Waals surface area contributed by atoms with E-state index < -0.39 is 34.6 Å². The van der Waals surface area contributed by atoms with Gasteiger partial charge in [0.05, 0.1) is 17.1 Å². The number of pyridine rings is 1. The van der Waals surface area contributed by atoms with Gasteiger partial charge in [-0.1, -0.05) is 0 Å². The predicted octanol–water partition coefficient (Wildman–Crippen LogP) is 2.65. The fourth-order valence-corrected chi connectivity index (χ4v) is 4.84. The van der Waals surface area contributed by atoms with Gasteiger partial charge in [0.25, 0.3) is 0 Å². The minimum absolute atomic E-state index is 0. The molecule has 2 atom stereocenters. The molecule has 31 heavy (non-hydrogen) atoms. The zero-order valence-electron chi connectivity index (χ0n) is 16.5. The molecule has 3 heterocycles. The molecule has 3 fully saturated rings. The van der Waals surface area contributed by atoms with Crippen LogP contribution in [0.25, 0.3) is 10.9 Å². The molecule has 3 N–H and O–H groups in total. The van der Waals surface area contributed by atoms with Gasteiger partial charge in [-0.3, -0.25) is 4.79 Å². The van der Waals surface area contributed by atoms with Crippen molar-refractivity contribution in [1.29, 1.82) is 0 Å². The number of nitrogens with zero attached hydrogens (tertiary/aromatic N) is 2. The number of anilines is 1. The van der Waals surface area contributed by atoms with Crippen molar-refractivity contribution in [3.8, 4) is 5.75 Å². The summed E-state index contributed by atoms with van der Waals surface area (Å²) in [5, 5.41) is 8.64. The normalized spacial score (nSPS) is 24.9. The van der Waals surface area contributed by atoms with Crippen molar-refractivity contribution in [2.45, 2.75) is 30.9 Å². The van der Waals surface area contributed by atoms with Crippen molar-refractivity contribution in [2.24, 2.45) is 11.7 Å². The van der Waals surface area contributed by atoms with Crippen molar-refractivity contribution in [1.82, 2.24) is 4.57 Å². The summed E-state index contributed by atoms with van der Waals surface area (Å²) < 4.78 is 42.7. The highest BCUT2D eigenvalue weighted by Crippen LogP contribution is 2.44. The smallest absolute Gasteiger partial charge is 0.449 e. The van der Waals surface area contributed by atoms with E-state index in [0.29, 0.717) is 13.2 Å². The lowest BCUT2D eigenvalue weighted by Gasteiger charge is -2.27. The third-order valence-corrected chi connectivity index (χ3v) is 6.45. The van der Waals surface area contributed by atoms with Crippen LogP contribution >= 0.6 is 12.4 Å². The lowest BCUT2D eigenvalue weighted by Crippen LogP contribution is -2.44. The van der Waals surface area contributed by atoms with Crippen LogP contribution in [0.5, 0.6) is 5.75 Å². The molecule has 168 valence electrons. The van der Waals surface area contributed by atoms with Gasteiger partial charge >= 0.3 is 6.16 Å². The van der Waals surface area contributed by atoms with Crippen LogP contribution in [0.2, 0.25) is 0 Å². The van der Waals surface area contributed by atoms with Gasteiger partial charge in [0.1, 0.15) is 17.1 Å². The van der Waals surface area contributed by atoms with E-state index >= 15 is 8.78 Å². The van der Waals surface area contributed by atoms with Crippen molar-refractivity contribution >= 4 is 35.2 Å². The van der Waals surface area contributed by atoms with Gasteiger partial charge in [0, 0.05) is 38.2 Å². The highest BCUT2D eigenvalue weighted by molar-refractivity contribution is 5.86. The maximum absolute atomic E-state index is 15.7. The maximum Gasteiger partial charge on any atom is 0.511 e. The van der Waals surface area contributed by atoms with Crippen LogP contribution < -0.4 is 20.8 Å². The Morgan fingerprint density at radius 3 is 2.71 bits per heavy atom. The summed E-state index contributed by atoms with van der Waals surface area (Å²) in [6.45, 7) is 1.51. The van der Waals surface area contributed by atoms with Gasteiger partial charge in [0.15, 0.2) is 11.6 Å². The highest BCUT2D eigenvalue weighted by Gasteiger charge is 2.51. The first-order valence-electron chi connectivity index (χ1n) is 9.91. The average molecular weight is 458 g/mol. The van der Waals surface area contributed by atoms with Crippen LogP contribution in [0.4, 0.5) is 19.3 Å². The van der Waals surface area contributed by atoms with Crippen LogP contribution in [-0.4, -0.2) is 47.7 Å². The second-order valence-corrected chi connectivity index (χ2v) is 8.23. The fourth-order valence-electron chi connectivity index (χ4n) is 4.84. The van der Waals surface area contributed by atoms with E-state index in [4.69, 9.17) is 15.6 Å². The Morgan fingerprint density at radius 1 is 1.35 bits per heavy atom. The van der Waals surface area contributed by atoms with Crippen molar-refractivity contribution in [3.63, 3.8) is 0 Å². The lowest BCUT2D eigenvalue weighted by molar-refractivity contribution is 0.0126. The number of rotatable bonds is 4. The third-order valence-electron chi connectivity index (χ3n) is 6.45. The Labute approximate surface area is 181 Å². The molecule has 1 aliphatic carbocycles. The van der Waals surface area contributed by atoms with Gasteiger partial charge in [-0.05, 0) is 25.3 Å². The van der Waals surface area contributed by atoms with E-state index in [2.05, 4.69) is 4.74 Å². The molecule has 3 aliphatic rings. The van der Waals surface area contributed by atoms with E-state index in [1.54, 1.807) is 4.90 Å². The van der Waals surface area contributed by atoms with Gasteiger partial charge in [-0.2, -0.15) is 0 Å². The minimum atomic E-state index is -1.66. The predicted molar refractivity (Wildman–Crippen MR) is 110 cm³/mol. The SMILES string of the molecule is Cl.NCC12CN(c3c(F)cc4c(=O)c(OC(=O)O)cn(C5CC5)c4c3F)C[C@@H]1CCO2. The first kappa shape index (κ1) is 21.8. The number of carbonyl (C=O) groups is 1. The number of ether oxygens (including phenoxy) is 2. The summed E-state index contributed by atoms with van der Waals surface area (Å²) in [7, 11) is 0. The molecule has 0 bridgehead atoms. The summed E-state index contributed by atoms with van der Waals surface area (Å²) in [6.07, 6.45) is 1.79. The van der Waals surface area contributed by atoms with Gasteiger partial charge < -0.3 is 29.8 Å². The van der Waals surface area contributed by atoms with Gasteiger partial charge in [-0.25, -0.2) is 13.6 Å². The van der Waals surface area contributed by atoms with E-state index in [-0.39, 0.29) is 54.0 Å². The number of aromatic nitrogens is 1. The standard InChI is InChI=1S/C20H21F2N3O5.ClH/c21-13-5-12-16(25(11-1-2-11)7-14(18(12)26)30-19(27)28)15(22)17(13)24-6-10-3-4-29-20(10,8-23)9-24;/h5,7,10-11H,1-4,6,8-9,23H2,(H,27,28);1H/t10-,20?;/m0./s1. The fraction of sp³-hybridized carbons (Fsp3) is 0.500. The summed E-state index contributed by atoms with van der Waals surface area (Å²) >= 11 is 0. The number of carboxylic acid groups (broad SMARTS) is 1. The highest BCUT2D eigenvalue weighted by atomic mass is 35.5. The van der Waals surface area contributed by atoms with Gasteiger partial charge in [-0.15, -0.1) is 12.4 Å². The number of fused-ring (bicyclic) bond motifs is 2. The number of halogens is 3. The Morgan fingerprint density at radius 2 is 2.10 bits per heavy atom. The molecule has 1 unspecified atom stereocenters. The number of benzene rings is 1. The Balaban J connectivity index is 0.00000231. The van der Waals surface area contributed by atoms with Crippen LogP contribution in [0.15, 0.2) is 17.1 Å². The molecule has 0 radical (unpaired) electrons. The number of nitrogens with two attached hydrogens (primary N) is 1. The first-order valence-corrected chi connectivity index (χ1v) is 9.91. The number of hydrogen-bond acceptors (Lipinski definition) is 6. The molecular weight excluding hydrogens is 436 g/mol. The Hall–Kier alpha value is -2.43. The second kappa shape index (κ2) is 7.61. The molecule has 2 saturated heterocycles. The molecule has 2 aromatic rings. The zero-order valence-corrected chi connectivity index (χ0v) is 17.3. The first-order chi connectivity index (χ1) is 14.3. The molecule has 1 saturated carbocycles. The number of hydrogen-bond donors (Lipinski definition) is 2. The summed E-state index contributed by atoms with van der Waals surface area (Å²) in [5.74, 6) is -2.13. The average Bonchev–Trinajstić information content (AvgIpc) is 3.36. The molecule has 1 aromatic carbocycles. The lowest BCUT2D eigenvalue weighted by atomic mass is 9.91. The largest absolute Gasteiger partial charge is 0.511 e. The summed E-state index contributed by atoms with van der Waals surface area (Å²) in [6, 6.07) is 0.863. The van der Waals surface area contributed by atoms with Crippen LogP contribution in [0.1, 0.15) is 25.3 Å². The van der Waals surface area contributed by atoms with E-state index in [9.17, 15) is 9.59 Å². The minimum Gasteiger partial charge on any atom is -0.449 e. The summed E-state index contributed by atoms with van der Waals surface area (Å²) in [5.41, 5.74) is 4.17. The van der Waals surface area contributed by atoms with E-state index in [1.807, 2.05) is 0 Å². The topological polar surface area (TPSA) is 107 Å². The zero-order chi connectivity index (χ0) is 21.2. The second-order valence-electron chi connectivity index (χ2n) is 8.23. The van der Waals surface area contributed by atoms with Crippen LogP contribution in [-0.2, 0) is 4.74 Å². The van der Waals surface area contributed by atoms with Crippen molar-refractivity contribution < 1.29 is 28.2 Å². The maximum atomic E-state index is 15.7. The van der Waals surface area contributed by atoms with E-state index in [1.165, 1.54) is 10.8 Å². The molecular formula is C20H22ClF2N3O5. The Kier molecular flexibility index (Phi) is 5.35. The Bertz CT molecular complexity index is 1120. The third kappa shape index (κ3) is 3.33. The molecule has 0 spiro atoms. The quantitative estimate of drug-likeness (QED) is 0.679. The van der Waals surface area contributed by atoms with E-state index in [0.717, 1.165) is 25.3 Å². The molecule has 0 amide bonds. The van der Waals surface area contributed by atoms with Crippen molar-refractivity contribution in [3.05, 3.63) is 34.1 Å². The molecule has 5 rings (SSSR count). The van der Waals surface area contributed by atoms with Crippen LogP contribution in [0.3, 0.4) is 0 Å². The summed E-state index contributed by atoms with van der Waals surface area (Å²) in [4.78, 5) is 25.2.